The molecule has 0 aliphatic heterocycles. The lowest BCUT2D eigenvalue weighted by Crippen LogP contribution is -2.13. The normalized spacial score (nSPS) is 19.6. The van der Waals surface area contributed by atoms with Gasteiger partial charge < -0.3 is 4.74 Å². The van der Waals surface area contributed by atoms with E-state index in [1.165, 1.54) is 12.1 Å². The van der Waals surface area contributed by atoms with Crippen LogP contribution in [0.3, 0.4) is 0 Å². The molecule has 0 amide bonds. The van der Waals surface area contributed by atoms with Crippen molar-refractivity contribution in [1.29, 1.82) is 0 Å². The lowest BCUT2D eigenvalue weighted by molar-refractivity contribution is -0.0546. The van der Waals surface area contributed by atoms with Gasteiger partial charge in [0.2, 0.25) is 0 Å². The van der Waals surface area contributed by atoms with Gasteiger partial charge in [0.15, 0.2) is 17.4 Å². The maximum atomic E-state index is 14.7. The zero-order valence-electron chi connectivity index (χ0n) is 16.0. The average Bonchev–Trinajstić information content (AvgIpc) is 2.65. The van der Waals surface area contributed by atoms with E-state index in [2.05, 4.69) is 11.7 Å². The Morgan fingerprint density at radius 3 is 1.90 bits per heavy atom. The highest BCUT2D eigenvalue weighted by atomic mass is 19.3. The molecule has 1 fully saturated rings. The first-order chi connectivity index (χ1) is 13.8. The van der Waals surface area contributed by atoms with Crippen LogP contribution < -0.4 is 4.74 Å². The monoisotopic (exact) mass is 416 g/mol. The van der Waals surface area contributed by atoms with Gasteiger partial charge in [0.05, 0.1) is 5.56 Å². The number of hydrogen-bond acceptors (Lipinski definition) is 1. The van der Waals surface area contributed by atoms with E-state index < -0.39 is 46.8 Å². The SMILES string of the molecule is CCCC1CCC(c2cc(F)c(-c3cc(F)c(OC(F)F)c(F)c3)c(F)c2)CC1. The summed E-state index contributed by atoms with van der Waals surface area (Å²) in [5.74, 6) is -5.42. The summed E-state index contributed by atoms with van der Waals surface area (Å²) in [7, 11) is 0. The third-order valence-corrected chi connectivity index (χ3v) is 5.57. The second-order valence-electron chi connectivity index (χ2n) is 7.51. The molecule has 1 nitrogen and oxygen atoms in total. The molecular weight excluding hydrogens is 394 g/mol. The predicted octanol–water partition coefficient (Wildman–Crippen LogP) is 7.59. The number of ether oxygens (including phenoxy) is 1. The summed E-state index contributed by atoms with van der Waals surface area (Å²) in [6.45, 7) is -1.29. The summed E-state index contributed by atoms with van der Waals surface area (Å²) in [6, 6.07) is 3.56. The van der Waals surface area contributed by atoms with Crippen LogP contribution in [0.1, 0.15) is 56.9 Å². The lowest BCUT2D eigenvalue weighted by Gasteiger charge is -2.29. The molecular formula is C22H22F6O. The minimum absolute atomic E-state index is 0.0384. The van der Waals surface area contributed by atoms with Crippen LogP contribution in [0.5, 0.6) is 5.75 Å². The molecule has 1 aliphatic rings. The first kappa shape index (κ1) is 21.5. The van der Waals surface area contributed by atoms with Gasteiger partial charge >= 0.3 is 6.61 Å². The summed E-state index contributed by atoms with van der Waals surface area (Å²) in [5, 5.41) is 0. The second-order valence-corrected chi connectivity index (χ2v) is 7.51. The van der Waals surface area contributed by atoms with Crippen LogP contribution in [-0.4, -0.2) is 6.61 Å². The van der Waals surface area contributed by atoms with E-state index in [0.717, 1.165) is 38.5 Å². The van der Waals surface area contributed by atoms with Crippen LogP contribution in [0.25, 0.3) is 11.1 Å². The molecule has 0 heterocycles. The van der Waals surface area contributed by atoms with Crippen LogP contribution in [0.2, 0.25) is 0 Å². The fourth-order valence-corrected chi connectivity index (χ4v) is 4.20. The number of halogens is 6. The third-order valence-electron chi connectivity index (χ3n) is 5.57. The van der Waals surface area contributed by atoms with Gasteiger partial charge in [0.1, 0.15) is 11.6 Å². The van der Waals surface area contributed by atoms with Crippen molar-refractivity contribution in [2.75, 3.05) is 0 Å². The van der Waals surface area contributed by atoms with Crippen LogP contribution in [0.15, 0.2) is 24.3 Å². The molecule has 2 aromatic carbocycles. The minimum Gasteiger partial charge on any atom is -0.429 e. The average molecular weight is 416 g/mol. The fourth-order valence-electron chi connectivity index (χ4n) is 4.20. The highest BCUT2D eigenvalue weighted by molar-refractivity contribution is 5.66. The van der Waals surface area contributed by atoms with Crippen molar-refractivity contribution in [1.82, 2.24) is 0 Å². The Labute approximate surface area is 165 Å². The quantitative estimate of drug-likeness (QED) is 0.441. The fraction of sp³-hybridized carbons (Fsp3) is 0.455. The van der Waals surface area contributed by atoms with E-state index in [1.54, 1.807) is 0 Å². The van der Waals surface area contributed by atoms with Crippen LogP contribution in [0, 0.1) is 29.2 Å². The molecule has 0 bridgehead atoms. The number of alkyl halides is 2. The molecule has 0 aromatic heterocycles. The molecule has 0 radical (unpaired) electrons. The van der Waals surface area contributed by atoms with Gasteiger partial charge in [-0.3, -0.25) is 0 Å². The van der Waals surface area contributed by atoms with Crippen molar-refractivity contribution in [3.63, 3.8) is 0 Å². The topological polar surface area (TPSA) is 9.23 Å². The molecule has 7 heteroatoms. The molecule has 0 spiro atoms. The highest BCUT2D eigenvalue weighted by Crippen LogP contribution is 2.40. The summed E-state index contributed by atoms with van der Waals surface area (Å²) >= 11 is 0. The van der Waals surface area contributed by atoms with E-state index in [1.807, 2.05) is 0 Å². The largest absolute Gasteiger partial charge is 0.429 e. The zero-order chi connectivity index (χ0) is 21.1. The Balaban J connectivity index is 1.87. The Hall–Kier alpha value is -2.18. The predicted molar refractivity (Wildman–Crippen MR) is 97.9 cm³/mol. The Morgan fingerprint density at radius 1 is 0.862 bits per heavy atom. The highest BCUT2D eigenvalue weighted by Gasteiger charge is 2.25. The first-order valence-corrected chi connectivity index (χ1v) is 9.73. The Morgan fingerprint density at radius 2 is 1.41 bits per heavy atom. The lowest BCUT2D eigenvalue weighted by atomic mass is 9.77. The van der Waals surface area contributed by atoms with E-state index in [0.29, 0.717) is 23.6 Å². The molecule has 1 saturated carbocycles. The summed E-state index contributed by atoms with van der Waals surface area (Å²) in [4.78, 5) is 0. The van der Waals surface area contributed by atoms with Crippen molar-refractivity contribution in [3.8, 4) is 16.9 Å². The summed E-state index contributed by atoms with van der Waals surface area (Å²) in [5.41, 5.74) is -0.498. The number of hydrogen-bond donors (Lipinski definition) is 0. The van der Waals surface area contributed by atoms with E-state index in [4.69, 9.17) is 0 Å². The van der Waals surface area contributed by atoms with Crippen molar-refractivity contribution < 1.29 is 31.1 Å². The first-order valence-electron chi connectivity index (χ1n) is 9.73. The van der Waals surface area contributed by atoms with Gasteiger partial charge in [-0.1, -0.05) is 19.8 Å². The Bertz CT molecular complexity index is 812. The molecule has 0 unspecified atom stereocenters. The number of rotatable bonds is 6. The molecule has 0 saturated heterocycles. The van der Waals surface area contributed by atoms with Gasteiger partial charge in [-0.15, -0.1) is 0 Å². The van der Waals surface area contributed by atoms with Crippen molar-refractivity contribution in [2.45, 2.75) is 58.0 Å². The van der Waals surface area contributed by atoms with Gasteiger partial charge in [0.25, 0.3) is 0 Å². The van der Waals surface area contributed by atoms with Gasteiger partial charge in [-0.25, -0.2) is 17.6 Å². The molecule has 0 atom stereocenters. The maximum Gasteiger partial charge on any atom is 0.387 e. The van der Waals surface area contributed by atoms with Crippen LogP contribution in [0.4, 0.5) is 26.3 Å². The van der Waals surface area contributed by atoms with Gasteiger partial charge in [-0.05, 0) is 72.9 Å². The molecule has 3 rings (SSSR count). The Kier molecular flexibility index (Phi) is 6.75. The minimum atomic E-state index is -3.43. The van der Waals surface area contributed by atoms with Crippen molar-refractivity contribution in [3.05, 3.63) is 53.1 Å². The third kappa shape index (κ3) is 4.87. The van der Waals surface area contributed by atoms with E-state index in [-0.39, 0.29) is 5.92 Å². The smallest absolute Gasteiger partial charge is 0.387 e. The second kappa shape index (κ2) is 9.09. The molecule has 2 aromatic rings. The van der Waals surface area contributed by atoms with E-state index in [9.17, 15) is 26.3 Å². The summed E-state index contributed by atoms with van der Waals surface area (Å²) < 4.78 is 85.5. The molecule has 0 N–H and O–H groups in total. The van der Waals surface area contributed by atoms with Gasteiger partial charge in [0, 0.05) is 0 Å². The standard InChI is InChI=1S/C22H22F6O/c1-2-3-12-4-6-13(7-5-12)14-8-16(23)20(17(24)9-14)15-10-18(25)21(19(26)11-15)29-22(27)28/h8-13,22H,2-7H2,1H3. The maximum absolute atomic E-state index is 14.7. The van der Waals surface area contributed by atoms with Crippen LogP contribution in [-0.2, 0) is 0 Å². The van der Waals surface area contributed by atoms with Crippen molar-refractivity contribution >= 4 is 0 Å². The molecule has 1 aliphatic carbocycles. The molecule has 158 valence electrons. The van der Waals surface area contributed by atoms with E-state index >= 15 is 0 Å². The summed E-state index contributed by atoms with van der Waals surface area (Å²) in [6.07, 6.45) is 5.95. The number of benzene rings is 2. The van der Waals surface area contributed by atoms with Crippen molar-refractivity contribution in [2.24, 2.45) is 5.92 Å². The van der Waals surface area contributed by atoms with Gasteiger partial charge in [-0.2, -0.15) is 8.78 Å². The zero-order valence-corrected chi connectivity index (χ0v) is 16.0. The molecule has 29 heavy (non-hydrogen) atoms. The van der Waals surface area contributed by atoms with Crippen LogP contribution >= 0.6 is 0 Å².